The topological polar surface area (TPSA) is 102 Å². The Morgan fingerprint density at radius 2 is 2.09 bits per heavy atom. The first kappa shape index (κ1) is 15.3. The third-order valence-electron chi connectivity index (χ3n) is 3.63. The molecule has 1 fully saturated rings. The van der Waals surface area contributed by atoms with E-state index in [4.69, 9.17) is 5.73 Å². The van der Waals surface area contributed by atoms with Gasteiger partial charge in [0.05, 0.1) is 6.20 Å². The van der Waals surface area contributed by atoms with Crippen molar-refractivity contribution in [3.8, 4) is 0 Å². The van der Waals surface area contributed by atoms with E-state index in [1.807, 2.05) is 5.32 Å². The fraction of sp³-hybridized carbons (Fsp3) is 0.385. The number of primary amides is 1. The minimum atomic E-state index is -4.52. The van der Waals surface area contributed by atoms with Gasteiger partial charge in [0.1, 0.15) is 17.3 Å². The molecular weight excluding hydrogens is 315 g/mol. The lowest BCUT2D eigenvalue weighted by Crippen LogP contribution is -2.47. The summed E-state index contributed by atoms with van der Waals surface area (Å²) in [6, 6.07) is -0.676. The molecule has 10 heteroatoms. The molecule has 0 bridgehead atoms. The summed E-state index contributed by atoms with van der Waals surface area (Å²) >= 11 is 0. The lowest BCUT2D eigenvalue weighted by Gasteiger charge is -2.21. The van der Waals surface area contributed by atoms with Crippen LogP contribution in [0.2, 0.25) is 0 Å². The Bertz CT molecular complexity index is 781. The van der Waals surface area contributed by atoms with Crippen molar-refractivity contribution >= 4 is 17.5 Å². The smallest absolute Gasteiger partial charge is 0.365 e. The lowest BCUT2D eigenvalue weighted by molar-refractivity contribution is -0.158. The van der Waals surface area contributed by atoms with Gasteiger partial charge in [-0.25, -0.2) is 9.50 Å². The van der Waals surface area contributed by atoms with Gasteiger partial charge in [-0.3, -0.25) is 9.59 Å². The van der Waals surface area contributed by atoms with Crippen LogP contribution in [0, 0.1) is 5.92 Å². The molecule has 0 saturated heterocycles. The van der Waals surface area contributed by atoms with Crippen molar-refractivity contribution in [2.75, 3.05) is 0 Å². The first-order valence-electron chi connectivity index (χ1n) is 6.79. The van der Waals surface area contributed by atoms with E-state index in [-0.39, 0.29) is 16.9 Å². The van der Waals surface area contributed by atoms with Crippen molar-refractivity contribution in [1.82, 2.24) is 19.9 Å². The maximum absolute atomic E-state index is 13.0. The molecule has 1 saturated carbocycles. The van der Waals surface area contributed by atoms with Crippen LogP contribution in [0.3, 0.4) is 0 Å². The second kappa shape index (κ2) is 5.21. The van der Waals surface area contributed by atoms with Gasteiger partial charge in [-0.15, -0.1) is 0 Å². The molecule has 0 spiro atoms. The summed E-state index contributed by atoms with van der Waals surface area (Å²) in [5, 5.41) is 5.80. The zero-order chi connectivity index (χ0) is 16.8. The second-order valence-corrected chi connectivity index (χ2v) is 5.32. The van der Waals surface area contributed by atoms with Gasteiger partial charge < -0.3 is 11.1 Å². The molecule has 2 amide bonds. The summed E-state index contributed by atoms with van der Waals surface area (Å²) in [5.74, 6) is -2.34. The van der Waals surface area contributed by atoms with Gasteiger partial charge in [-0.05, 0) is 24.8 Å². The number of carbonyl (C=O) groups excluding carboxylic acids is 2. The largest absolute Gasteiger partial charge is 0.408 e. The van der Waals surface area contributed by atoms with Gasteiger partial charge in [0.25, 0.3) is 11.8 Å². The zero-order valence-corrected chi connectivity index (χ0v) is 11.7. The van der Waals surface area contributed by atoms with Crippen molar-refractivity contribution < 1.29 is 22.8 Å². The predicted molar refractivity (Wildman–Crippen MR) is 71.5 cm³/mol. The number of hydrogen-bond donors (Lipinski definition) is 2. The molecule has 0 aliphatic heterocycles. The Kier molecular flexibility index (Phi) is 3.46. The van der Waals surface area contributed by atoms with Gasteiger partial charge in [0.15, 0.2) is 5.65 Å². The minimum absolute atomic E-state index is 0.0140. The van der Waals surface area contributed by atoms with Gasteiger partial charge in [0, 0.05) is 6.20 Å². The number of halogens is 3. The molecule has 1 unspecified atom stereocenters. The quantitative estimate of drug-likeness (QED) is 0.871. The average Bonchev–Trinajstić information content (AvgIpc) is 3.19. The average molecular weight is 327 g/mol. The van der Waals surface area contributed by atoms with Crippen LogP contribution in [0.25, 0.3) is 5.65 Å². The fourth-order valence-electron chi connectivity index (χ4n) is 2.35. The van der Waals surface area contributed by atoms with Crippen molar-refractivity contribution in [2.24, 2.45) is 11.7 Å². The van der Waals surface area contributed by atoms with Gasteiger partial charge in [-0.1, -0.05) is 0 Å². The first-order valence-corrected chi connectivity index (χ1v) is 6.79. The summed E-state index contributed by atoms with van der Waals surface area (Å²) in [4.78, 5) is 27.3. The maximum atomic E-state index is 13.0. The first-order chi connectivity index (χ1) is 10.8. The summed E-state index contributed by atoms with van der Waals surface area (Å²) < 4.78 is 40.0. The van der Waals surface area contributed by atoms with Crippen LogP contribution in [-0.2, 0) is 0 Å². The molecule has 1 aliphatic rings. The van der Waals surface area contributed by atoms with Gasteiger partial charge in [0.2, 0.25) is 0 Å². The normalized spacial score (nSPS) is 16.3. The minimum Gasteiger partial charge on any atom is -0.365 e. The fourth-order valence-corrected chi connectivity index (χ4v) is 2.35. The molecule has 1 aliphatic carbocycles. The zero-order valence-electron chi connectivity index (χ0n) is 11.7. The SMILES string of the molecule is NC(=O)c1cnn2c(C(=O)NC(C3CC3)C(F)(F)F)ccnc12. The van der Waals surface area contributed by atoms with E-state index in [0.29, 0.717) is 12.8 Å². The van der Waals surface area contributed by atoms with Gasteiger partial charge in [-0.2, -0.15) is 18.3 Å². The van der Waals surface area contributed by atoms with Crippen LogP contribution < -0.4 is 11.1 Å². The molecule has 1 atom stereocenters. The molecule has 3 N–H and O–H groups in total. The Balaban J connectivity index is 1.93. The monoisotopic (exact) mass is 327 g/mol. The lowest BCUT2D eigenvalue weighted by atomic mass is 10.1. The standard InChI is InChI=1S/C13H12F3N5O2/c14-13(15,16)9(6-1-2-6)20-12(23)8-3-4-18-11-7(10(17)22)5-19-21(8)11/h3-6,9H,1-2H2,(H2,17,22)(H,20,23). The third-order valence-corrected chi connectivity index (χ3v) is 3.63. The van der Waals surface area contributed by atoms with Crippen LogP contribution in [0.5, 0.6) is 0 Å². The van der Waals surface area contributed by atoms with Crippen LogP contribution in [-0.4, -0.2) is 38.6 Å². The van der Waals surface area contributed by atoms with E-state index in [9.17, 15) is 22.8 Å². The van der Waals surface area contributed by atoms with Crippen molar-refractivity contribution in [3.05, 3.63) is 29.7 Å². The van der Waals surface area contributed by atoms with E-state index in [2.05, 4.69) is 10.1 Å². The summed E-state index contributed by atoms with van der Waals surface area (Å²) in [6.07, 6.45) is -1.36. The van der Waals surface area contributed by atoms with E-state index in [1.54, 1.807) is 0 Å². The molecule has 3 rings (SSSR count). The number of fused-ring (bicyclic) bond motifs is 1. The highest BCUT2D eigenvalue weighted by molar-refractivity contribution is 5.99. The Hall–Kier alpha value is -2.65. The Morgan fingerprint density at radius 1 is 1.39 bits per heavy atom. The molecule has 7 nitrogen and oxygen atoms in total. The molecule has 0 aromatic carbocycles. The number of rotatable bonds is 4. The van der Waals surface area contributed by atoms with Gasteiger partial charge >= 0.3 is 6.18 Å². The highest BCUT2D eigenvalue weighted by Crippen LogP contribution is 2.40. The number of nitrogens with one attached hydrogen (secondary N) is 1. The third kappa shape index (κ3) is 2.83. The molecule has 2 aromatic rings. The van der Waals surface area contributed by atoms with Crippen LogP contribution in [0.1, 0.15) is 33.7 Å². The summed E-state index contributed by atoms with van der Waals surface area (Å²) in [6.45, 7) is 0. The maximum Gasteiger partial charge on any atom is 0.408 e. The Morgan fingerprint density at radius 3 is 2.65 bits per heavy atom. The van der Waals surface area contributed by atoms with E-state index < -0.39 is 30.0 Å². The van der Waals surface area contributed by atoms with Crippen LogP contribution >= 0.6 is 0 Å². The molecule has 2 heterocycles. The highest BCUT2D eigenvalue weighted by Gasteiger charge is 2.49. The molecule has 2 aromatic heterocycles. The number of alkyl halides is 3. The number of aromatic nitrogens is 3. The molecule has 0 radical (unpaired) electrons. The van der Waals surface area contributed by atoms with Crippen molar-refractivity contribution in [3.63, 3.8) is 0 Å². The number of hydrogen-bond acceptors (Lipinski definition) is 4. The number of nitrogens with zero attached hydrogens (tertiary/aromatic N) is 3. The summed E-state index contributed by atoms with van der Waals surface area (Å²) in [5.41, 5.74) is 4.99. The van der Waals surface area contributed by atoms with E-state index >= 15 is 0 Å². The Labute approximate surface area is 127 Å². The van der Waals surface area contributed by atoms with Crippen molar-refractivity contribution in [2.45, 2.75) is 25.1 Å². The number of amides is 2. The molecule has 122 valence electrons. The molecular formula is C13H12F3N5O2. The summed E-state index contributed by atoms with van der Waals surface area (Å²) in [7, 11) is 0. The van der Waals surface area contributed by atoms with Crippen LogP contribution in [0.15, 0.2) is 18.5 Å². The second-order valence-electron chi connectivity index (χ2n) is 5.32. The van der Waals surface area contributed by atoms with E-state index in [0.717, 1.165) is 10.7 Å². The highest BCUT2D eigenvalue weighted by atomic mass is 19.4. The number of nitrogens with two attached hydrogens (primary N) is 1. The van der Waals surface area contributed by atoms with Crippen LogP contribution in [0.4, 0.5) is 13.2 Å². The van der Waals surface area contributed by atoms with Crippen molar-refractivity contribution in [1.29, 1.82) is 0 Å². The predicted octanol–water partition coefficient (Wildman–Crippen LogP) is 0.899. The molecule has 23 heavy (non-hydrogen) atoms. The van der Waals surface area contributed by atoms with E-state index in [1.165, 1.54) is 12.3 Å². The number of carbonyl (C=O) groups is 2.